The van der Waals surface area contributed by atoms with Crippen LogP contribution < -0.4 is 0 Å². The first-order valence-electron chi connectivity index (χ1n) is 5.16. The molecule has 1 atom stereocenters. The van der Waals surface area contributed by atoms with Crippen LogP contribution in [0.15, 0.2) is 24.3 Å². The first kappa shape index (κ1) is 12.1. The molecule has 1 rings (SSSR count). The van der Waals surface area contributed by atoms with E-state index in [0.717, 1.165) is 6.54 Å². The van der Waals surface area contributed by atoms with Crippen LogP contribution in [0.5, 0.6) is 0 Å². The Morgan fingerprint density at radius 3 is 2.60 bits per heavy atom. The van der Waals surface area contributed by atoms with Gasteiger partial charge in [0.1, 0.15) is 5.82 Å². The summed E-state index contributed by atoms with van der Waals surface area (Å²) in [4.78, 5) is 2.00. The highest BCUT2D eigenvalue weighted by Gasteiger charge is 2.08. The zero-order chi connectivity index (χ0) is 11.3. The summed E-state index contributed by atoms with van der Waals surface area (Å²) < 4.78 is 13.2. The van der Waals surface area contributed by atoms with Crippen molar-refractivity contribution < 1.29 is 9.50 Å². The molecule has 0 aliphatic carbocycles. The van der Waals surface area contributed by atoms with Crippen LogP contribution in [0.2, 0.25) is 0 Å². The van der Waals surface area contributed by atoms with Gasteiger partial charge in [0, 0.05) is 6.42 Å². The molecule has 0 saturated carbocycles. The summed E-state index contributed by atoms with van der Waals surface area (Å²) in [6.07, 6.45) is 0.589. The topological polar surface area (TPSA) is 23.5 Å². The molecule has 0 amide bonds. The summed E-state index contributed by atoms with van der Waals surface area (Å²) in [6.45, 7) is 0.815. The Kier molecular flexibility index (Phi) is 4.72. The number of halogens is 1. The average molecular weight is 211 g/mol. The Labute approximate surface area is 90.3 Å². The molecule has 1 N–H and O–H groups in total. The average Bonchev–Trinajstić information content (AvgIpc) is 2.18. The smallest absolute Gasteiger partial charge is 0.126 e. The van der Waals surface area contributed by atoms with E-state index >= 15 is 0 Å². The molecule has 0 radical (unpaired) electrons. The summed E-state index contributed by atoms with van der Waals surface area (Å²) in [5.41, 5.74) is 0.587. The van der Waals surface area contributed by atoms with Crippen molar-refractivity contribution in [1.82, 2.24) is 4.90 Å². The van der Waals surface area contributed by atoms with E-state index in [2.05, 4.69) is 0 Å². The van der Waals surface area contributed by atoms with E-state index in [-0.39, 0.29) is 5.82 Å². The first-order valence-corrected chi connectivity index (χ1v) is 5.16. The Morgan fingerprint density at radius 1 is 1.33 bits per heavy atom. The van der Waals surface area contributed by atoms with E-state index < -0.39 is 6.10 Å². The third kappa shape index (κ3) is 4.40. The lowest BCUT2D eigenvalue weighted by Crippen LogP contribution is -2.21. The molecule has 0 aliphatic heterocycles. The van der Waals surface area contributed by atoms with Crippen molar-refractivity contribution in [2.24, 2.45) is 0 Å². The van der Waals surface area contributed by atoms with Gasteiger partial charge >= 0.3 is 0 Å². The van der Waals surface area contributed by atoms with Gasteiger partial charge in [0.05, 0.1) is 6.10 Å². The van der Waals surface area contributed by atoms with Gasteiger partial charge in [-0.25, -0.2) is 4.39 Å². The van der Waals surface area contributed by atoms with Crippen LogP contribution in [0, 0.1) is 5.82 Å². The van der Waals surface area contributed by atoms with Crippen LogP contribution in [0.25, 0.3) is 0 Å². The van der Waals surface area contributed by atoms with Crippen LogP contribution in [-0.2, 0) is 6.42 Å². The summed E-state index contributed by atoms with van der Waals surface area (Å²) in [6, 6.07) is 6.59. The van der Waals surface area contributed by atoms with Crippen LogP contribution in [0.1, 0.15) is 12.0 Å². The monoisotopic (exact) mass is 211 g/mol. The molecule has 84 valence electrons. The second-order valence-corrected chi connectivity index (χ2v) is 4.04. The highest BCUT2D eigenvalue weighted by atomic mass is 19.1. The largest absolute Gasteiger partial charge is 0.393 e. The molecule has 15 heavy (non-hydrogen) atoms. The van der Waals surface area contributed by atoms with Crippen molar-refractivity contribution in [3.05, 3.63) is 35.6 Å². The van der Waals surface area contributed by atoms with Gasteiger partial charge in [-0.05, 0) is 38.7 Å². The number of hydrogen-bond acceptors (Lipinski definition) is 2. The number of nitrogens with zero attached hydrogens (tertiary/aromatic N) is 1. The van der Waals surface area contributed by atoms with Gasteiger partial charge in [-0.1, -0.05) is 18.2 Å². The maximum Gasteiger partial charge on any atom is 0.126 e. The minimum Gasteiger partial charge on any atom is -0.393 e. The Morgan fingerprint density at radius 2 is 2.00 bits per heavy atom. The first-order chi connectivity index (χ1) is 7.09. The van der Waals surface area contributed by atoms with Crippen molar-refractivity contribution >= 4 is 0 Å². The molecule has 3 heteroatoms. The number of aliphatic hydroxyl groups is 1. The lowest BCUT2D eigenvalue weighted by Gasteiger charge is -2.14. The molecular formula is C12H18FNO. The molecule has 1 unspecified atom stereocenters. The fourth-order valence-corrected chi connectivity index (χ4v) is 1.43. The summed E-state index contributed by atoms with van der Waals surface area (Å²) in [5, 5.41) is 9.68. The standard InChI is InChI=1S/C12H18FNO/c1-14(2)8-7-11(15)9-10-5-3-4-6-12(10)13/h3-6,11,15H,7-9H2,1-2H3. The minimum absolute atomic E-state index is 0.235. The van der Waals surface area contributed by atoms with Crippen LogP contribution >= 0.6 is 0 Å². The van der Waals surface area contributed by atoms with Crippen molar-refractivity contribution in [3.63, 3.8) is 0 Å². The number of aliphatic hydroxyl groups excluding tert-OH is 1. The zero-order valence-corrected chi connectivity index (χ0v) is 9.28. The van der Waals surface area contributed by atoms with E-state index in [1.165, 1.54) is 6.07 Å². The molecule has 1 aromatic rings. The number of hydrogen-bond donors (Lipinski definition) is 1. The molecule has 0 saturated heterocycles. The highest BCUT2D eigenvalue weighted by molar-refractivity contribution is 5.17. The molecule has 0 fully saturated rings. The van der Waals surface area contributed by atoms with E-state index in [1.54, 1.807) is 18.2 Å². The fraction of sp³-hybridized carbons (Fsp3) is 0.500. The zero-order valence-electron chi connectivity index (χ0n) is 9.28. The third-order valence-electron chi connectivity index (χ3n) is 2.32. The lowest BCUT2D eigenvalue weighted by atomic mass is 10.1. The number of benzene rings is 1. The Hall–Kier alpha value is -0.930. The van der Waals surface area contributed by atoms with E-state index in [9.17, 15) is 9.50 Å². The SMILES string of the molecule is CN(C)CCC(O)Cc1ccccc1F. The molecular weight excluding hydrogens is 193 g/mol. The van der Waals surface area contributed by atoms with Gasteiger partial charge < -0.3 is 10.0 Å². The third-order valence-corrected chi connectivity index (χ3v) is 2.32. The molecule has 0 spiro atoms. The summed E-state index contributed by atoms with van der Waals surface area (Å²) in [7, 11) is 3.91. The second kappa shape index (κ2) is 5.83. The van der Waals surface area contributed by atoms with Crippen molar-refractivity contribution in [1.29, 1.82) is 0 Å². The summed E-state index contributed by atoms with van der Waals surface area (Å²) in [5.74, 6) is -0.235. The van der Waals surface area contributed by atoms with Gasteiger partial charge in [-0.3, -0.25) is 0 Å². The van der Waals surface area contributed by atoms with E-state index in [4.69, 9.17) is 0 Å². The maximum atomic E-state index is 13.2. The second-order valence-electron chi connectivity index (χ2n) is 4.04. The maximum absolute atomic E-state index is 13.2. The lowest BCUT2D eigenvalue weighted by molar-refractivity contribution is 0.151. The fourth-order valence-electron chi connectivity index (χ4n) is 1.43. The van der Waals surface area contributed by atoms with Crippen LogP contribution in [-0.4, -0.2) is 36.8 Å². The summed E-state index contributed by atoms with van der Waals surface area (Å²) >= 11 is 0. The molecule has 2 nitrogen and oxygen atoms in total. The minimum atomic E-state index is -0.468. The molecule has 0 heterocycles. The van der Waals surface area contributed by atoms with Gasteiger partial charge in [-0.15, -0.1) is 0 Å². The van der Waals surface area contributed by atoms with Gasteiger partial charge in [0.15, 0.2) is 0 Å². The number of rotatable bonds is 5. The van der Waals surface area contributed by atoms with Crippen molar-refractivity contribution in [2.75, 3.05) is 20.6 Å². The van der Waals surface area contributed by atoms with Crippen LogP contribution in [0.4, 0.5) is 4.39 Å². The Bertz CT molecular complexity index is 301. The predicted octanol–water partition coefficient (Wildman–Crippen LogP) is 1.68. The quantitative estimate of drug-likeness (QED) is 0.801. The molecule has 1 aromatic carbocycles. The highest BCUT2D eigenvalue weighted by Crippen LogP contribution is 2.10. The predicted molar refractivity (Wildman–Crippen MR) is 59.3 cm³/mol. The normalized spacial score (nSPS) is 13.1. The molecule has 0 aliphatic rings. The van der Waals surface area contributed by atoms with Gasteiger partial charge in [0.25, 0.3) is 0 Å². The van der Waals surface area contributed by atoms with Gasteiger partial charge in [0.2, 0.25) is 0 Å². The van der Waals surface area contributed by atoms with E-state index in [1.807, 2.05) is 19.0 Å². The van der Waals surface area contributed by atoms with Crippen LogP contribution in [0.3, 0.4) is 0 Å². The molecule has 0 aromatic heterocycles. The Balaban J connectivity index is 2.44. The van der Waals surface area contributed by atoms with Crippen molar-refractivity contribution in [3.8, 4) is 0 Å². The van der Waals surface area contributed by atoms with Crippen molar-refractivity contribution in [2.45, 2.75) is 18.9 Å². The van der Waals surface area contributed by atoms with E-state index in [0.29, 0.717) is 18.4 Å². The molecule has 0 bridgehead atoms. The van der Waals surface area contributed by atoms with Gasteiger partial charge in [-0.2, -0.15) is 0 Å².